The number of nitrogens with zero attached hydrogens (tertiary/aromatic N) is 1. The first-order valence-corrected chi connectivity index (χ1v) is 8.35. The fraction of sp³-hybridized carbons (Fsp3) is 0.647. The molecule has 0 aliphatic carbocycles. The van der Waals surface area contributed by atoms with E-state index in [2.05, 4.69) is 64.0 Å². The lowest BCUT2D eigenvalue weighted by Gasteiger charge is -2.15. The molecule has 108 valence electrons. The van der Waals surface area contributed by atoms with Crippen LogP contribution >= 0.6 is 11.8 Å². The largest absolute Gasteiger partial charge is 0.309 e. The molecule has 0 saturated carbocycles. The second-order valence-corrected chi connectivity index (χ2v) is 7.26. The van der Waals surface area contributed by atoms with Crippen LogP contribution in [0.4, 0.5) is 0 Å². The van der Waals surface area contributed by atoms with Crippen molar-refractivity contribution in [2.75, 3.05) is 26.4 Å². The standard InChI is InChI=1S/C17H29NS/c1-14(2)11-13-19-17-8-6-16(7-9-17)15(3)10-12-18(4)5/h6-9,14-15H,10-13H2,1-5H3. The third-order valence-corrected chi connectivity index (χ3v) is 4.47. The normalized spacial score (nSPS) is 13.2. The van der Waals surface area contributed by atoms with Crippen LogP contribution in [-0.4, -0.2) is 31.3 Å². The zero-order chi connectivity index (χ0) is 14.3. The van der Waals surface area contributed by atoms with Gasteiger partial charge in [0.05, 0.1) is 0 Å². The lowest BCUT2D eigenvalue weighted by molar-refractivity contribution is 0.386. The van der Waals surface area contributed by atoms with Gasteiger partial charge < -0.3 is 4.90 Å². The minimum Gasteiger partial charge on any atom is -0.309 e. The van der Waals surface area contributed by atoms with E-state index in [-0.39, 0.29) is 0 Å². The molecule has 0 bridgehead atoms. The van der Waals surface area contributed by atoms with Gasteiger partial charge in [0.2, 0.25) is 0 Å². The van der Waals surface area contributed by atoms with E-state index in [0.29, 0.717) is 5.92 Å². The molecular formula is C17H29NS. The van der Waals surface area contributed by atoms with E-state index < -0.39 is 0 Å². The smallest absolute Gasteiger partial charge is 0.00721 e. The summed E-state index contributed by atoms with van der Waals surface area (Å²) >= 11 is 1.98. The Bertz CT molecular complexity index is 343. The molecule has 0 heterocycles. The summed E-state index contributed by atoms with van der Waals surface area (Å²) in [5.74, 6) is 2.68. The Morgan fingerprint density at radius 1 is 1.00 bits per heavy atom. The van der Waals surface area contributed by atoms with Crippen molar-refractivity contribution in [3.63, 3.8) is 0 Å². The highest BCUT2D eigenvalue weighted by Crippen LogP contribution is 2.24. The van der Waals surface area contributed by atoms with Crippen LogP contribution in [0.3, 0.4) is 0 Å². The van der Waals surface area contributed by atoms with E-state index in [1.165, 1.54) is 29.1 Å². The minimum atomic E-state index is 0.650. The molecule has 0 aliphatic heterocycles. The summed E-state index contributed by atoms with van der Waals surface area (Å²) in [5, 5.41) is 0. The molecule has 1 aromatic rings. The van der Waals surface area contributed by atoms with Gasteiger partial charge in [0.1, 0.15) is 0 Å². The van der Waals surface area contributed by atoms with Crippen molar-refractivity contribution in [2.24, 2.45) is 5.92 Å². The number of hydrogen-bond acceptors (Lipinski definition) is 2. The molecule has 0 N–H and O–H groups in total. The van der Waals surface area contributed by atoms with Crippen LogP contribution in [0, 0.1) is 5.92 Å². The second kappa shape index (κ2) is 8.65. The zero-order valence-electron chi connectivity index (χ0n) is 13.1. The van der Waals surface area contributed by atoms with Crippen molar-refractivity contribution < 1.29 is 0 Å². The molecule has 1 atom stereocenters. The minimum absolute atomic E-state index is 0.650. The Hall–Kier alpha value is -0.470. The van der Waals surface area contributed by atoms with Gasteiger partial charge in [-0.15, -0.1) is 11.8 Å². The average molecular weight is 279 g/mol. The Balaban J connectivity index is 2.42. The van der Waals surface area contributed by atoms with Crippen LogP contribution in [0.5, 0.6) is 0 Å². The van der Waals surface area contributed by atoms with Crippen LogP contribution in [0.25, 0.3) is 0 Å². The fourth-order valence-corrected chi connectivity index (χ4v) is 3.08. The summed E-state index contributed by atoms with van der Waals surface area (Å²) in [5.41, 5.74) is 1.47. The summed E-state index contributed by atoms with van der Waals surface area (Å²) in [6, 6.07) is 9.18. The molecule has 1 rings (SSSR count). The number of benzene rings is 1. The van der Waals surface area contributed by atoms with Crippen LogP contribution in [0.1, 0.15) is 45.1 Å². The predicted octanol–water partition coefficient (Wildman–Crippen LogP) is 4.88. The number of hydrogen-bond donors (Lipinski definition) is 0. The van der Waals surface area contributed by atoms with Crippen molar-refractivity contribution >= 4 is 11.8 Å². The molecule has 0 aliphatic rings. The summed E-state index contributed by atoms with van der Waals surface area (Å²) < 4.78 is 0. The monoisotopic (exact) mass is 279 g/mol. The molecule has 1 aromatic carbocycles. The maximum atomic E-state index is 2.32. The highest BCUT2D eigenvalue weighted by atomic mass is 32.2. The van der Waals surface area contributed by atoms with Gasteiger partial charge in [-0.3, -0.25) is 0 Å². The van der Waals surface area contributed by atoms with E-state index in [1.54, 1.807) is 0 Å². The fourth-order valence-electron chi connectivity index (χ4n) is 1.92. The molecule has 0 fully saturated rings. The van der Waals surface area contributed by atoms with Crippen molar-refractivity contribution in [2.45, 2.75) is 44.4 Å². The number of rotatable bonds is 8. The summed E-state index contributed by atoms with van der Waals surface area (Å²) in [4.78, 5) is 3.66. The SMILES string of the molecule is CC(C)CCSc1ccc(C(C)CCN(C)C)cc1. The van der Waals surface area contributed by atoms with Crippen LogP contribution < -0.4 is 0 Å². The highest BCUT2D eigenvalue weighted by molar-refractivity contribution is 7.99. The molecule has 0 radical (unpaired) electrons. The van der Waals surface area contributed by atoms with E-state index >= 15 is 0 Å². The van der Waals surface area contributed by atoms with E-state index in [9.17, 15) is 0 Å². The molecule has 0 spiro atoms. The van der Waals surface area contributed by atoms with Gasteiger partial charge in [0.25, 0.3) is 0 Å². The van der Waals surface area contributed by atoms with Gasteiger partial charge in [0, 0.05) is 4.90 Å². The molecular weight excluding hydrogens is 250 g/mol. The molecule has 2 heteroatoms. The maximum Gasteiger partial charge on any atom is 0.00721 e. The molecule has 0 saturated heterocycles. The van der Waals surface area contributed by atoms with Crippen molar-refractivity contribution in [1.29, 1.82) is 0 Å². The predicted molar refractivity (Wildman–Crippen MR) is 88.2 cm³/mol. The molecule has 0 aromatic heterocycles. The lowest BCUT2D eigenvalue weighted by Crippen LogP contribution is -2.14. The van der Waals surface area contributed by atoms with Crippen molar-refractivity contribution in [1.82, 2.24) is 4.90 Å². The Kier molecular flexibility index (Phi) is 7.55. The van der Waals surface area contributed by atoms with Crippen LogP contribution in [-0.2, 0) is 0 Å². The van der Waals surface area contributed by atoms with Crippen molar-refractivity contribution in [3.05, 3.63) is 29.8 Å². The third kappa shape index (κ3) is 7.03. The molecule has 1 unspecified atom stereocenters. The molecule has 19 heavy (non-hydrogen) atoms. The van der Waals surface area contributed by atoms with E-state index in [0.717, 1.165) is 12.5 Å². The zero-order valence-corrected chi connectivity index (χ0v) is 14.0. The third-order valence-electron chi connectivity index (χ3n) is 3.42. The first kappa shape index (κ1) is 16.6. The topological polar surface area (TPSA) is 3.24 Å². The van der Waals surface area contributed by atoms with Crippen LogP contribution in [0.2, 0.25) is 0 Å². The Labute approximate surface area is 123 Å². The van der Waals surface area contributed by atoms with Gasteiger partial charge in [0.15, 0.2) is 0 Å². The first-order valence-electron chi connectivity index (χ1n) is 7.36. The summed E-state index contributed by atoms with van der Waals surface area (Å²) in [6.07, 6.45) is 2.53. The van der Waals surface area contributed by atoms with Crippen LogP contribution in [0.15, 0.2) is 29.2 Å². The average Bonchev–Trinajstić information content (AvgIpc) is 2.36. The summed E-state index contributed by atoms with van der Waals surface area (Å²) in [7, 11) is 4.28. The van der Waals surface area contributed by atoms with E-state index in [4.69, 9.17) is 0 Å². The Morgan fingerprint density at radius 3 is 2.16 bits per heavy atom. The van der Waals surface area contributed by atoms with E-state index in [1.807, 2.05) is 11.8 Å². The number of thioether (sulfide) groups is 1. The second-order valence-electron chi connectivity index (χ2n) is 6.09. The van der Waals surface area contributed by atoms with Gasteiger partial charge in [-0.25, -0.2) is 0 Å². The maximum absolute atomic E-state index is 2.32. The van der Waals surface area contributed by atoms with Gasteiger partial charge in [-0.05, 0) is 68.8 Å². The lowest BCUT2D eigenvalue weighted by atomic mass is 9.98. The van der Waals surface area contributed by atoms with Gasteiger partial charge in [-0.2, -0.15) is 0 Å². The molecule has 0 amide bonds. The first-order chi connectivity index (χ1) is 8.99. The van der Waals surface area contributed by atoms with Crippen molar-refractivity contribution in [3.8, 4) is 0 Å². The quantitative estimate of drug-likeness (QED) is 0.624. The highest BCUT2D eigenvalue weighted by Gasteiger charge is 2.06. The molecule has 1 nitrogen and oxygen atoms in total. The Morgan fingerprint density at radius 2 is 1.63 bits per heavy atom. The van der Waals surface area contributed by atoms with Gasteiger partial charge in [-0.1, -0.05) is 32.9 Å². The summed E-state index contributed by atoms with van der Waals surface area (Å²) in [6.45, 7) is 8.06. The van der Waals surface area contributed by atoms with Gasteiger partial charge >= 0.3 is 0 Å².